The summed E-state index contributed by atoms with van der Waals surface area (Å²) in [6.45, 7) is 0.966. The van der Waals surface area contributed by atoms with Crippen LogP contribution in [0.1, 0.15) is 27.9 Å². The van der Waals surface area contributed by atoms with Crippen molar-refractivity contribution >= 4 is 40.1 Å². The summed E-state index contributed by atoms with van der Waals surface area (Å²) in [4.78, 5) is 26.9. The van der Waals surface area contributed by atoms with Crippen molar-refractivity contribution in [2.24, 2.45) is 11.7 Å². The Balaban J connectivity index is 1.44. The number of nitrogens with two attached hydrogens (primary N) is 2. The highest BCUT2D eigenvalue weighted by Crippen LogP contribution is 2.56. The number of nitrogens with one attached hydrogen (secondary N) is 1. The number of nitrogen functional groups attached to an aromatic ring is 1. The second-order valence-corrected chi connectivity index (χ2v) is 9.64. The Labute approximate surface area is 210 Å². The first-order valence-electron chi connectivity index (χ1n) is 11.9. The molecule has 186 valence electrons. The molecule has 0 amide bonds. The number of ether oxygens (including phenoxy) is 2. The van der Waals surface area contributed by atoms with Crippen LogP contribution in [0.25, 0.3) is 5.57 Å². The van der Waals surface area contributed by atoms with Crippen LogP contribution >= 0.6 is 0 Å². The maximum atomic E-state index is 15.6. The van der Waals surface area contributed by atoms with E-state index in [9.17, 15) is 14.7 Å². The summed E-state index contributed by atoms with van der Waals surface area (Å²) in [7, 11) is 0. The molecule has 3 heterocycles. The second kappa shape index (κ2) is 7.47. The Morgan fingerprint density at radius 3 is 2.65 bits per heavy atom. The van der Waals surface area contributed by atoms with Gasteiger partial charge in [0.2, 0.25) is 0 Å². The summed E-state index contributed by atoms with van der Waals surface area (Å²) in [5, 5.41) is 13.1. The summed E-state index contributed by atoms with van der Waals surface area (Å²) in [6, 6.07) is 9.70. The third-order valence-electron chi connectivity index (χ3n) is 7.25. The van der Waals surface area contributed by atoms with Crippen LogP contribution in [0.4, 0.5) is 27.1 Å². The molecule has 1 aliphatic carbocycles. The lowest BCUT2D eigenvalue weighted by Gasteiger charge is -2.34. The van der Waals surface area contributed by atoms with Gasteiger partial charge in [0.05, 0.1) is 11.4 Å². The maximum absolute atomic E-state index is 15.6. The monoisotopic (exact) mass is 500 g/mol. The lowest BCUT2D eigenvalue weighted by atomic mass is 9.78. The first-order valence-corrected chi connectivity index (χ1v) is 11.9. The van der Waals surface area contributed by atoms with Crippen LogP contribution in [0.5, 0.6) is 23.0 Å². The first-order chi connectivity index (χ1) is 17.8. The van der Waals surface area contributed by atoms with Gasteiger partial charge in [-0.2, -0.15) is 0 Å². The number of anilines is 4. The van der Waals surface area contributed by atoms with Crippen molar-refractivity contribution < 1.29 is 28.6 Å². The minimum Gasteiger partial charge on any atom is -0.480 e. The Morgan fingerprint density at radius 1 is 1.08 bits per heavy atom. The minimum atomic E-state index is -1.46. The topological polar surface area (TPSA) is 140 Å². The molecular weight excluding hydrogens is 479 g/mol. The number of aliphatic carboxylic acids is 1. The number of halogens is 1. The van der Waals surface area contributed by atoms with Gasteiger partial charge in [-0.3, -0.25) is 9.59 Å². The van der Waals surface area contributed by atoms with E-state index < -0.39 is 23.5 Å². The number of nitrogens with zero attached hydrogens (tertiary/aromatic N) is 1. The number of carboxylic acid groups (broad SMARTS) is 1. The van der Waals surface area contributed by atoms with Crippen LogP contribution in [-0.4, -0.2) is 36.0 Å². The van der Waals surface area contributed by atoms with Gasteiger partial charge in [0.25, 0.3) is 0 Å². The van der Waals surface area contributed by atoms with Gasteiger partial charge in [-0.25, -0.2) is 4.39 Å². The lowest BCUT2D eigenvalue weighted by molar-refractivity contribution is -0.138. The zero-order chi connectivity index (χ0) is 25.6. The fourth-order valence-electron chi connectivity index (χ4n) is 5.50. The number of benzene rings is 3. The van der Waals surface area contributed by atoms with Crippen molar-refractivity contribution in [2.45, 2.75) is 12.5 Å². The van der Waals surface area contributed by atoms with Crippen molar-refractivity contribution in [3.8, 4) is 23.0 Å². The van der Waals surface area contributed by atoms with E-state index in [1.807, 2.05) is 4.90 Å². The van der Waals surface area contributed by atoms with Crippen molar-refractivity contribution in [1.29, 1.82) is 0 Å². The summed E-state index contributed by atoms with van der Waals surface area (Å²) < 4.78 is 28.0. The predicted molar refractivity (Wildman–Crippen MR) is 134 cm³/mol. The molecule has 0 radical (unpaired) electrons. The van der Waals surface area contributed by atoms with E-state index in [0.717, 1.165) is 6.07 Å². The van der Waals surface area contributed by atoms with Gasteiger partial charge in [-0.1, -0.05) is 6.08 Å². The molecule has 1 saturated heterocycles. The highest BCUT2D eigenvalue weighted by molar-refractivity contribution is 6.18. The van der Waals surface area contributed by atoms with Gasteiger partial charge < -0.3 is 36.3 Å². The number of Topliss-reactive ketones (excluding diaryl/α,β-unsaturated/α-hetero) is 1. The van der Waals surface area contributed by atoms with E-state index in [4.69, 9.17) is 20.9 Å². The summed E-state index contributed by atoms with van der Waals surface area (Å²) in [5.41, 5.74) is 15.5. The average Bonchev–Trinajstić information content (AvgIpc) is 3.28. The van der Waals surface area contributed by atoms with E-state index in [1.54, 1.807) is 30.3 Å². The molecule has 1 unspecified atom stereocenters. The zero-order valence-electron chi connectivity index (χ0n) is 19.4. The van der Waals surface area contributed by atoms with Gasteiger partial charge in [0, 0.05) is 53.6 Å². The SMILES string of the molecule is Nc1ccc2c(c1)Oc1cc3c(cc1N2)Oc1c2c(cc(F)c1N1CC[C@H](N)C1)C(=O)C(C(=O)O)C=C32. The minimum absolute atomic E-state index is 0.0230. The van der Waals surface area contributed by atoms with Crippen molar-refractivity contribution in [3.05, 3.63) is 65.0 Å². The summed E-state index contributed by atoms with van der Waals surface area (Å²) in [5.74, 6) is -2.54. The molecule has 0 bridgehead atoms. The fourth-order valence-corrected chi connectivity index (χ4v) is 5.50. The number of carbonyl (C=O) groups is 2. The van der Waals surface area contributed by atoms with Gasteiger partial charge in [0.15, 0.2) is 28.8 Å². The molecule has 6 N–H and O–H groups in total. The quantitative estimate of drug-likeness (QED) is 0.207. The van der Waals surface area contributed by atoms with Crippen molar-refractivity contribution in [3.63, 3.8) is 0 Å². The molecule has 37 heavy (non-hydrogen) atoms. The van der Waals surface area contributed by atoms with E-state index in [2.05, 4.69) is 5.32 Å². The summed E-state index contributed by atoms with van der Waals surface area (Å²) >= 11 is 0. The van der Waals surface area contributed by atoms with Crippen LogP contribution in [0.15, 0.2) is 42.5 Å². The molecule has 10 heteroatoms. The number of fused-ring (bicyclic) bond motifs is 4. The maximum Gasteiger partial charge on any atom is 0.318 e. The molecule has 3 aromatic rings. The molecule has 2 atom stereocenters. The van der Waals surface area contributed by atoms with Crippen LogP contribution in [-0.2, 0) is 4.79 Å². The highest BCUT2D eigenvalue weighted by atomic mass is 19.1. The molecule has 0 aromatic heterocycles. The number of ketones is 1. The van der Waals surface area contributed by atoms with Crippen LogP contribution < -0.4 is 31.2 Å². The largest absolute Gasteiger partial charge is 0.480 e. The normalized spacial score (nSPS) is 20.4. The number of carbonyl (C=O) groups excluding carboxylic acids is 1. The molecule has 3 aliphatic heterocycles. The summed E-state index contributed by atoms with van der Waals surface area (Å²) in [6.07, 6.45) is 2.10. The van der Waals surface area contributed by atoms with E-state index in [1.165, 1.54) is 6.08 Å². The Morgan fingerprint density at radius 2 is 1.89 bits per heavy atom. The lowest BCUT2D eigenvalue weighted by Crippen LogP contribution is -2.30. The van der Waals surface area contributed by atoms with E-state index in [0.29, 0.717) is 70.5 Å². The molecule has 4 aliphatic rings. The number of hydrogen-bond donors (Lipinski definition) is 4. The van der Waals surface area contributed by atoms with E-state index >= 15 is 4.39 Å². The Kier molecular flexibility index (Phi) is 4.38. The molecule has 3 aromatic carbocycles. The Hall–Kier alpha value is -4.57. The predicted octanol–water partition coefficient (Wildman–Crippen LogP) is 4.23. The number of carboxylic acids is 1. The Bertz CT molecular complexity index is 1600. The molecule has 1 fully saturated rings. The third-order valence-corrected chi connectivity index (χ3v) is 7.25. The molecule has 7 rings (SSSR count). The standard InChI is InChI=1S/C27H21FN4O5/c28-17-7-15-23-14(6-16(25(15)33)27(34)35)13-8-22-19(31-18-2-1-11(29)5-21(18)36-22)9-20(13)37-26(23)24(17)32-4-3-12(30)10-32/h1-2,5-9,12,16,31H,3-4,10,29-30H2,(H,34,35)/t12-,16?/m0/s1. The molecule has 9 nitrogen and oxygen atoms in total. The second-order valence-electron chi connectivity index (χ2n) is 9.64. The first kappa shape index (κ1) is 21.7. The number of hydrogen-bond acceptors (Lipinski definition) is 8. The van der Waals surface area contributed by atoms with E-state index in [-0.39, 0.29) is 23.0 Å². The van der Waals surface area contributed by atoms with Crippen molar-refractivity contribution in [1.82, 2.24) is 0 Å². The average molecular weight is 500 g/mol. The van der Waals surface area contributed by atoms with Crippen LogP contribution in [0, 0.1) is 11.7 Å². The van der Waals surface area contributed by atoms with Gasteiger partial charge in [0.1, 0.15) is 17.4 Å². The molecule has 0 saturated carbocycles. The van der Waals surface area contributed by atoms with Crippen LogP contribution in [0.3, 0.4) is 0 Å². The van der Waals surface area contributed by atoms with Gasteiger partial charge in [-0.15, -0.1) is 0 Å². The molecular formula is C27H21FN4O5. The van der Waals surface area contributed by atoms with Gasteiger partial charge >= 0.3 is 5.97 Å². The van der Waals surface area contributed by atoms with Gasteiger partial charge in [-0.05, 0) is 36.3 Å². The number of rotatable bonds is 2. The van der Waals surface area contributed by atoms with Crippen LogP contribution in [0.2, 0.25) is 0 Å². The highest BCUT2D eigenvalue weighted by Gasteiger charge is 2.41. The fraction of sp³-hybridized carbons (Fsp3) is 0.185. The smallest absolute Gasteiger partial charge is 0.318 e. The third kappa shape index (κ3) is 3.12. The molecule has 0 spiro atoms. The zero-order valence-corrected chi connectivity index (χ0v) is 19.4. The van der Waals surface area contributed by atoms with Crippen molar-refractivity contribution in [2.75, 3.05) is 29.0 Å².